The Hall–Kier alpha value is -3.72. The number of hydrogen-bond donors (Lipinski definition) is 1. The van der Waals surface area contributed by atoms with Crippen molar-refractivity contribution in [2.45, 2.75) is 4.90 Å². The molecule has 3 rings (SSSR count). The normalized spacial score (nSPS) is 11.4. The molecule has 0 radical (unpaired) electrons. The first-order valence-corrected chi connectivity index (χ1v) is 11.8. The molecule has 0 heterocycles. The average Bonchev–Trinajstić information content (AvgIpc) is 2.80. The maximum Gasteiger partial charge on any atom is 0.339 e. The van der Waals surface area contributed by atoms with Crippen molar-refractivity contribution in [2.75, 3.05) is 5.32 Å². The monoisotopic (exact) mass is 561 g/mol. The zero-order valence-corrected chi connectivity index (χ0v) is 20.1. The molecular weight excluding hydrogens is 550 g/mol. The van der Waals surface area contributed by atoms with Crippen LogP contribution in [0.2, 0.25) is 5.02 Å². The van der Waals surface area contributed by atoms with Crippen LogP contribution >= 0.6 is 27.5 Å². The van der Waals surface area contributed by atoms with Crippen molar-refractivity contribution in [3.05, 3.63) is 97.5 Å². The number of hydrogen-bond acceptors (Lipinski definition) is 7. The summed E-state index contributed by atoms with van der Waals surface area (Å²) in [6, 6.07) is 16.8. The molecule has 1 N–H and O–H groups in total. The Balaban J connectivity index is 1.81. The number of amides is 1. The fourth-order valence-corrected chi connectivity index (χ4v) is 4.34. The highest BCUT2D eigenvalue weighted by Crippen LogP contribution is 2.30. The van der Waals surface area contributed by atoms with Crippen LogP contribution in [0.1, 0.15) is 5.56 Å². The standard InChI is InChI=1S/C22H13BrClN3O6S/c23-20-11-14(10-15(13-25)22(28)26-17-7-5-16(24)6-8-17)4-9-21(20)33-34(31,32)19-3-1-2-18(12-19)27(29)30/h1-12H,(H,26,28)/b15-10-. The fourth-order valence-electron chi connectivity index (χ4n) is 2.64. The van der Waals surface area contributed by atoms with Gasteiger partial charge in [0.2, 0.25) is 0 Å². The minimum Gasteiger partial charge on any atom is -0.378 e. The first-order valence-electron chi connectivity index (χ1n) is 9.26. The summed E-state index contributed by atoms with van der Waals surface area (Å²) in [5.41, 5.74) is 0.270. The van der Waals surface area contributed by atoms with Gasteiger partial charge in [-0.3, -0.25) is 14.9 Å². The van der Waals surface area contributed by atoms with Crippen molar-refractivity contribution < 1.29 is 22.3 Å². The van der Waals surface area contributed by atoms with Crippen LogP contribution < -0.4 is 9.50 Å². The van der Waals surface area contributed by atoms with Gasteiger partial charge in [-0.1, -0.05) is 23.7 Å². The Morgan fingerprint density at radius 1 is 1.15 bits per heavy atom. The zero-order chi connectivity index (χ0) is 24.9. The second-order valence-corrected chi connectivity index (χ2v) is 9.45. The van der Waals surface area contributed by atoms with Crippen LogP contribution in [0.25, 0.3) is 6.08 Å². The maximum atomic E-state index is 12.5. The van der Waals surface area contributed by atoms with Gasteiger partial charge in [0.1, 0.15) is 16.5 Å². The number of nitrogens with one attached hydrogen (secondary N) is 1. The highest BCUT2D eigenvalue weighted by Gasteiger charge is 2.21. The largest absolute Gasteiger partial charge is 0.378 e. The van der Waals surface area contributed by atoms with E-state index in [4.69, 9.17) is 15.8 Å². The number of carbonyl (C=O) groups is 1. The minimum atomic E-state index is -4.36. The molecule has 3 aromatic carbocycles. The number of nitro benzene ring substituents is 1. The van der Waals surface area contributed by atoms with Gasteiger partial charge in [-0.25, -0.2) is 0 Å². The number of benzene rings is 3. The molecule has 0 saturated carbocycles. The van der Waals surface area contributed by atoms with E-state index < -0.39 is 26.6 Å². The summed E-state index contributed by atoms with van der Waals surface area (Å²) in [5.74, 6) is -0.734. The van der Waals surface area contributed by atoms with E-state index in [1.807, 2.05) is 6.07 Å². The molecule has 0 aliphatic rings. The topological polar surface area (TPSA) is 139 Å². The van der Waals surface area contributed by atoms with Crippen molar-refractivity contribution in [1.29, 1.82) is 5.26 Å². The second kappa shape index (κ2) is 10.5. The van der Waals surface area contributed by atoms with Crippen LogP contribution in [0.5, 0.6) is 5.75 Å². The number of non-ortho nitro benzene ring substituents is 1. The van der Waals surface area contributed by atoms with Crippen molar-refractivity contribution in [3.63, 3.8) is 0 Å². The number of nitrogens with zero attached hydrogens (tertiary/aromatic N) is 2. The zero-order valence-electron chi connectivity index (χ0n) is 16.9. The SMILES string of the molecule is N#C/C(=C/c1ccc(OS(=O)(=O)c2cccc([N+](=O)[O-])c2)c(Br)c1)C(=O)Nc1ccc(Cl)cc1. The van der Waals surface area contributed by atoms with E-state index in [1.165, 1.54) is 36.4 Å². The van der Waals surface area contributed by atoms with Gasteiger partial charge in [0, 0.05) is 22.8 Å². The lowest BCUT2D eigenvalue weighted by molar-refractivity contribution is -0.385. The molecule has 0 unspecified atom stereocenters. The third-order valence-corrected chi connectivity index (χ3v) is 6.35. The van der Waals surface area contributed by atoms with Crippen LogP contribution in [0.3, 0.4) is 0 Å². The molecule has 1 amide bonds. The Labute approximate surface area is 207 Å². The van der Waals surface area contributed by atoms with Gasteiger partial charge in [-0.15, -0.1) is 0 Å². The van der Waals surface area contributed by atoms with Crippen LogP contribution in [-0.4, -0.2) is 19.2 Å². The molecule has 12 heteroatoms. The maximum absolute atomic E-state index is 12.5. The molecule has 0 saturated heterocycles. The molecule has 0 aliphatic heterocycles. The van der Waals surface area contributed by atoms with Crippen LogP contribution in [0.4, 0.5) is 11.4 Å². The van der Waals surface area contributed by atoms with Crippen molar-refractivity contribution in [2.24, 2.45) is 0 Å². The third kappa shape index (κ3) is 6.20. The predicted molar refractivity (Wildman–Crippen MR) is 129 cm³/mol. The van der Waals surface area contributed by atoms with Gasteiger partial charge in [0.05, 0.1) is 9.40 Å². The quantitative estimate of drug-likeness (QED) is 0.135. The third-order valence-electron chi connectivity index (χ3n) is 4.25. The Kier molecular flexibility index (Phi) is 7.68. The summed E-state index contributed by atoms with van der Waals surface area (Å²) in [4.78, 5) is 22.2. The highest BCUT2D eigenvalue weighted by atomic mass is 79.9. The Morgan fingerprint density at radius 2 is 1.85 bits per heavy atom. The Morgan fingerprint density at radius 3 is 2.47 bits per heavy atom. The van der Waals surface area contributed by atoms with Crippen molar-refractivity contribution in [3.8, 4) is 11.8 Å². The van der Waals surface area contributed by atoms with Gasteiger partial charge in [-0.05, 0) is 70.0 Å². The summed E-state index contributed by atoms with van der Waals surface area (Å²) < 4.78 is 30.4. The minimum absolute atomic E-state index is 0.0900. The molecule has 0 aromatic heterocycles. The van der Waals surface area contributed by atoms with Gasteiger partial charge < -0.3 is 9.50 Å². The van der Waals surface area contributed by atoms with E-state index in [-0.39, 0.29) is 20.7 Å². The van der Waals surface area contributed by atoms with Gasteiger partial charge in [0.15, 0.2) is 5.75 Å². The summed E-state index contributed by atoms with van der Waals surface area (Å²) >= 11 is 9.01. The molecule has 9 nitrogen and oxygen atoms in total. The van der Waals surface area contributed by atoms with Gasteiger partial charge in [-0.2, -0.15) is 13.7 Å². The second-order valence-electron chi connectivity index (χ2n) is 6.61. The van der Waals surface area contributed by atoms with Crippen molar-refractivity contribution in [1.82, 2.24) is 0 Å². The van der Waals surface area contributed by atoms with E-state index >= 15 is 0 Å². The number of carbonyl (C=O) groups excluding carboxylic acids is 1. The molecule has 0 spiro atoms. The number of anilines is 1. The van der Waals surface area contributed by atoms with E-state index in [1.54, 1.807) is 24.3 Å². The lowest BCUT2D eigenvalue weighted by Gasteiger charge is -2.09. The Bertz CT molecular complexity index is 1450. The molecule has 0 bridgehead atoms. The number of halogens is 2. The molecular formula is C22H13BrClN3O6S. The van der Waals surface area contributed by atoms with Crippen LogP contribution in [0, 0.1) is 21.4 Å². The first kappa shape index (κ1) is 24.9. The molecule has 0 fully saturated rings. The summed E-state index contributed by atoms with van der Waals surface area (Å²) in [6.45, 7) is 0. The van der Waals surface area contributed by atoms with Crippen LogP contribution in [0.15, 0.2) is 81.7 Å². The lowest BCUT2D eigenvalue weighted by Crippen LogP contribution is -2.13. The van der Waals surface area contributed by atoms with E-state index in [2.05, 4.69) is 21.2 Å². The van der Waals surface area contributed by atoms with Gasteiger partial charge >= 0.3 is 10.1 Å². The number of rotatable bonds is 7. The first-order chi connectivity index (χ1) is 16.1. The number of nitriles is 1. The lowest BCUT2D eigenvalue weighted by atomic mass is 10.1. The molecule has 172 valence electrons. The molecule has 34 heavy (non-hydrogen) atoms. The number of nitro groups is 1. The highest BCUT2D eigenvalue weighted by molar-refractivity contribution is 9.10. The molecule has 0 atom stereocenters. The molecule has 3 aromatic rings. The van der Waals surface area contributed by atoms with E-state index in [0.717, 1.165) is 12.1 Å². The summed E-state index contributed by atoms with van der Waals surface area (Å²) in [6.07, 6.45) is 1.31. The molecule has 0 aliphatic carbocycles. The summed E-state index contributed by atoms with van der Waals surface area (Å²) in [7, 11) is -4.36. The summed E-state index contributed by atoms with van der Waals surface area (Å²) in [5, 5.41) is 23.4. The van der Waals surface area contributed by atoms with Gasteiger partial charge in [0.25, 0.3) is 11.6 Å². The van der Waals surface area contributed by atoms with E-state index in [9.17, 15) is 28.6 Å². The smallest absolute Gasteiger partial charge is 0.339 e. The van der Waals surface area contributed by atoms with Crippen LogP contribution in [-0.2, 0) is 14.9 Å². The fraction of sp³-hybridized carbons (Fsp3) is 0. The van der Waals surface area contributed by atoms with E-state index in [0.29, 0.717) is 16.3 Å². The van der Waals surface area contributed by atoms with Crippen molar-refractivity contribution >= 4 is 61.0 Å². The predicted octanol–water partition coefficient (Wildman–Crippen LogP) is 5.32. The average molecular weight is 563 g/mol.